The molecule has 0 amide bonds. The average Bonchev–Trinajstić information content (AvgIpc) is 2.90. The fourth-order valence-corrected chi connectivity index (χ4v) is 4.23. The minimum Gasteiger partial charge on any atom is -0.0761 e. The third-order valence-electron chi connectivity index (χ3n) is 5.94. The Bertz CT molecular complexity index is 960. The first-order chi connectivity index (χ1) is 16.4. The van der Waals surface area contributed by atoms with Crippen LogP contribution < -0.4 is 0 Å². The van der Waals surface area contributed by atoms with E-state index in [1.54, 1.807) is 0 Å². The number of hydrogen-bond acceptors (Lipinski definition) is 0. The Morgan fingerprint density at radius 2 is 0.636 bits per heavy atom. The quantitative estimate of drug-likeness (QED) is 0.221. The van der Waals surface area contributed by atoms with Gasteiger partial charge in [0, 0.05) is 0 Å². The predicted octanol–water partition coefficient (Wildman–Crippen LogP) is 9.20. The molecule has 0 bridgehead atoms. The van der Waals surface area contributed by atoms with Crippen molar-refractivity contribution in [3.05, 3.63) is 156 Å². The number of benzene rings is 4. The van der Waals surface area contributed by atoms with E-state index in [1.807, 2.05) is 0 Å². The van der Waals surface area contributed by atoms with Gasteiger partial charge in [0.05, 0.1) is 0 Å². The molecule has 0 radical (unpaired) electrons. The van der Waals surface area contributed by atoms with E-state index in [0.717, 1.165) is 12.8 Å². The highest BCUT2D eigenvalue weighted by Gasteiger charge is 2.05. The fourth-order valence-electron chi connectivity index (χ4n) is 4.23. The molecule has 0 aromatic heterocycles. The van der Waals surface area contributed by atoms with E-state index in [2.05, 4.69) is 133 Å². The minimum absolute atomic E-state index is 1.10. The Balaban J connectivity index is 1.36. The van der Waals surface area contributed by atoms with Crippen LogP contribution in [0.15, 0.2) is 133 Å². The van der Waals surface area contributed by atoms with Gasteiger partial charge in [-0.25, -0.2) is 0 Å². The van der Waals surface area contributed by atoms with Crippen molar-refractivity contribution in [2.45, 2.75) is 32.1 Å². The summed E-state index contributed by atoms with van der Waals surface area (Å²) in [6.07, 6.45) is 10.7. The van der Waals surface area contributed by atoms with E-state index in [-0.39, 0.29) is 0 Å². The van der Waals surface area contributed by atoms with Crippen LogP contribution in [0.1, 0.15) is 54.4 Å². The normalized spacial score (nSPS) is 10.4. The second-order valence-corrected chi connectivity index (χ2v) is 8.34. The van der Waals surface area contributed by atoms with Crippen LogP contribution in [-0.2, 0) is 0 Å². The summed E-state index contributed by atoms with van der Waals surface area (Å²) in [5, 5.41) is 0. The van der Waals surface area contributed by atoms with Crippen molar-refractivity contribution in [2.24, 2.45) is 0 Å². The first kappa shape index (κ1) is 22.6. The summed E-state index contributed by atoms with van der Waals surface area (Å²) in [5.41, 5.74) is 7.85. The summed E-state index contributed by atoms with van der Waals surface area (Å²) >= 11 is 0. The van der Waals surface area contributed by atoms with Crippen LogP contribution >= 0.6 is 0 Å². The van der Waals surface area contributed by atoms with Gasteiger partial charge in [-0.1, -0.05) is 140 Å². The van der Waals surface area contributed by atoms with Gasteiger partial charge < -0.3 is 0 Å². The number of unbranched alkanes of at least 4 members (excludes halogenated alkanes) is 4. The number of hydrogen-bond donors (Lipinski definition) is 0. The van der Waals surface area contributed by atoms with E-state index in [9.17, 15) is 0 Å². The maximum absolute atomic E-state index is 2.42. The van der Waals surface area contributed by atoms with Gasteiger partial charge in [-0.05, 0) is 59.1 Å². The Morgan fingerprint density at radius 1 is 0.364 bits per heavy atom. The van der Waals surface area contributed by atoms with Crippen molar-refractivity contribution in [1.82, 2.24) is 0 Å². The van der Waals surface area contributed by atoms with Gasteiger partial charge in [0.1, 0.15) is 0 Å². The Hall–Kier alpha value is -3.64. The van der Waals surface area contributed by atoms with Gasteiger partial charge in [0.2, 0.25) is 0 Å². The van der Waals surface area contributed by atoms with Crippen molar-refractivity contribution in [2.75, 3.05) is 0 Å². The van der Waals surface area contributed by atoms with Crippen molar-refractivity contribution in [3.8, 4) is 0 Å². The molecule has 0 heteroatoms. The van der Waals surface area contributed by atoms with Crippen LogP contribution in [0.25, 0.3) is 11.1 Å². The highest BCUT2D eigenvalue weighted by atomic mass is 14.1. The van der Waals surface area contributed by atoms with Gasteiger partial charge in [0.25, 0.3) is 0 Å². The SMILES string of the molecule is C(CCCCCC=C(c1ccccc1)c1ccccc1)=C(c1ccccc1)c1ccccc1. The maximum Gasteiger partial charge on any atom is -0.0151 e. The molecule has 4 aromatic rings. The predicted molar refractivity (Wildman–Crippen MR) is 143 cm³/mol. The summed E-state index contributed by atoms with van der Waals surface area (Å²) in [6.45, 7) is 0. The fraction of sp³-hybridized carbons (Fsp3) is 0.152. The first-order valence-electron chi connectivity index (χ1n) is 12.0. The highest BCUT2D eigenvalue weighted by molar-refractivity contribution is 5.80. The van der Waals surface area contributed by atoms with Crippen LogP contribution in [0.5, 0.6) is 0 Å². The van der Waals surface area contributed by atoms with Crippen LogP contribution in [0.2, 0.25) is 0 Å². The molecule has 0 saturated carbocycles. The van der Waals surface area contributed by atoms with Crippen molar-refractivity contribution < 1.29 is 0 Å². The lowest BCUT2D eigenvalue weighted by Gasteiger charge is -2.09. The Labute approximate surface area is 199 Å². The van der Waals surface area contributed by atoms with Gasteiger partial charge in [-0.15, -0.1) is 0 Å². The molecule has 0 N–H and O–H groups in total. The smallest absolute Gasteiger partial charge is 0.0151 e. The molecular formula is C33H32. The van der Waals surface area contributed by atoms with Crippen LogP contribution in [0.3, 0.4) is 0 Å². The van der Waals surface area contributed by atoms with E-state index < -0.39 is 0 Å². The molecule has 0 heterocycles. The molecule has 0 atom stereocenters. The zero-order valence-electron chi connectivity index (χ0n) is 19.2. The number of rotatable bonds is 10. The van der Waals surface area contributed by atoms with Gasteiger partial charge >= 0.3 is 0 Å². The zero-order chi connectivity index (χ0) is 22.6. The van der Waals surface area contributed by atoms with Crippen molar-refractivity contribution in [3.63, 3.8) is 0 Å². The summed E-state index contributed by atoms with van der Waals surface area (Å²) in [7, 11) is 0. The molecule has 33 heavy (non-hydrogen) atoms. The van der Waals surface area contributed by atoms with E-state index >= 15 is 0 Å². The lowest BCUT2D eigenvalue weighted by atomic mass is 9.95. The van der Waals surface area contributed by atoms with Gasteiger partial charge in [-0.3, -0.25) is 0 Å². The molecule has 0 saturated heterocycles. The Morgan fingerprint density at radius 3 is 0.909 bits per heavy atom. The zero-order valence-corrected chi connectivity index (χ0v) is 19.2. The van der Waals surface area contributed by atoms with Crippen LogP contribution in [0, 0.1) is 0 Å². The second-order valence-electron chi connectivity index (χ2n) is 8.34. The lowest BCUT2D eigenvalue weighted by molar-refractivity contribution is 0.697. The van der Waals surface area contributed by atoms with Gasteiger partial charge in [-0.2, -0.15) is 0 Å². The molecule has 0 aliphatic rings. The van der Waals surface area contributed by atoms with Crippen molar-refractivity contribution >= 4 is 11.1 Å². The molecule has 4 rings (SSSR count). The molecule has 0 unspecified atom stereocenters. The highest BCUT2D eigenvalue weighted by Crippen LogP contribution is 2.26. The summed E-state index contributed by atoms with van der Waals surface area (Å²) in [5.74, 6) is 0. The third-order valence-corrected chi connectivity index (χ3v) is 5.94. The molecule has 0 aliphatic carbocycles. The third kappa shape index (κ3) is 6.67. The largest absolute Gasteiger partial charge is 0.0761 e. The van der Waals surface area contributed by atoms with E-state index in [4.69, 9.17) is 0 Å². The second kappa shape index (κ2) is 12.4. The molecule has 0 aliphatic heterocycles. The van der Waals surface area contributed by atoms with Crippen LogP contribution in [0.4, 0.5) is 0 Å². The molecular weight excluding hydrogens is 396 g/mol. The molecule has 4 aromatic carbocycles. The Kier molecular flexibility index (Phi) is 8.48. The van der Waals surface area contributed by atoms with Gasteiger partial charge in [0.15, 0.2) is 0 Å². The standard InChI is InChI=1S/C33H32/c1(2-16-26-32(28-18-8-4-9-19-28)29-20-10-5-11-21-29)3-17-27-33(30-22-12-6-13-23-30)31-24-14-7-15-25-31/h4-15,18-27H,1-3,16-17H2. The average molecular weight is 429 g/mol. The lowest BCUT2D eigenvalue weighted by Crippen LogP contribution is -1.89. The maximum atomic E-state index is 2.42. The number of allylic oxidation sites excluding steroid dienone is 2. The van der Waals surface area contributed by atoms with Crippen LogP contribution in [-0.4, -0.2) is 0 Å². The first-order valence-corrected chi connectivity index (χ1v) is 12.0. The molecule has 164 valence electrons. The summed E-state index contributed by atoms with van der Waals surface area (Å²) in [6, 6.07) is 42.9. The van der Waals surface area contributed by atoms with Crippen molar-refractivity contribution in [1.29, 1.82) is 0 Å². The topological polar surface area (TPSA) is 0 Å². The van der Waals surface area contributed by atoms with E-state index in [1.165, 1.54) is 52.7 Å². The summed E-state index contributed by atoms with van der Waals surface area (Å²) < 4.78 is 0. The van der Waals surface area contributed by atoms with E-state index in [0.29, 0.717) is 0 Å². The molecule has 0 nitrogen and oxygen atoms in total. The molecule has 0 fully saturated rings. The molecule has 0 spiro atoms. The minimum atomic E-state index is 1.10. The monoisotopic (exact) mass is 428 g/mol. The summed E-state index contributed by atoms with van der Waals surface area (Å²) in [4.78, 5) is 0.